The lowest BCUT2D eigenvalue weighted by Crippen LogP contribution is -2.50. The molecule has 0 fully saturated rings. The Morgan fingerprint density at radius 2 is 1.68 bits per heavy atom. The molecule has 10 heteroatoms. The Morgan fingerprint density at radius 3 is 2.39 bits per heavy atom. The summed E-state index contributed by atoms with van der Waals surface area (Å²) in [5.41, 5.74) is 3.35. The van der Waals surface area contributed by atoms with E-state index in [1.165, 1.54) is 4.31 Å². The molecule has 3 aromatic carbocycles. The minimum Gasteiger partial charge on any atom is -0.454 e. The number of fused-ring (bicyclic) bond motifs is 1. The molecule has 0 bridgehead atoms. The van der Waals surface area contributed by atoms with Gasteiger partial charge in [0, 0.05) is 38.5 Å². The van der Waals surface area contributed by atoms with Gasteiger partial charge in [-0.2, -0.15) is 0 Å². The predicted octanol–water partition coefficient (Wildman–Crippen LogP) is 4.05. The number of ether oxygens (including phenoxy) is 2. The third-order valence-corrected chi connectivity index (χ3v) is 8.05. The van der Waals surface area contributed by atoms with E-state index in [1.807, 2.05) is 68.4 Å². The molecule has 1 aliphatic rings. The van der Waals surface area contributed by atoms with Gasteiger partial charge in [0.15, 0.2) is 11.5 Å². The molecular weight excluding hydrogens is 542 g/mol. The molecule has 0 radical (unpaired) electrons. The molecule has 218 valence electrons. The number of hydrogen-bond donors (Lipinski definition) is 1. The van der Waals surface area contributed by atoms with E-state index in [-0.39, 0.29) is 44.5 Å². The number of nitrogens with one attached hydrogen (secondary N) is 1. The normalized spacial score (nSPS) is 13.0. The van der Waals surface area contributed by atoms with Crippen LogP contribution in [-0.4, -0.2) is 57.3 Å². The van der Waals surface area contributed by atoms with E-state index >= 15 is 0 Å². The number of benzene rings is 3. The molecular formula is C31H37N3O6S. The molecule has 0 saturated carbocycles. The molecule has 9 nitrogen and oxygen atoms in total. The number of sulfonamides is 1. The molecule has 1 heterocycles. The lowest BCUT2D eigenvalue weighted by Gasteiger charge is -2.32. The van der Waals surface area contributed by atoms with Crippen molar-refractivity contribution in [2.24, 2.45) is 0 Å². The molecule has 0 aliphatic carbocycles. The summed E-state index contributed by atoms with van der Waals surface area (Å²) in [4.78, 5) is 28.8. The molecule has 4 rings (SSSR count). The number of anilines is 1. The Morgan fingerprint density at radius 1 is 0.951 bits per heavy atom. The highest BCUT2D eigenvalue weighted by molar-refractivity contribution is 7.92. The van der Waals surface area contributed by atoms with Crippen LogP contribution in [0.3, 0.4) is 0 Å². The highest BCUT2D eigenvalue weighted by Gasteiger charge is 2.30. The minimum absolute atomic E-state index is 0.0626. The molecule has 41 heavy (non-hydrogen) atoms. The van der Waals surface area contributed by atoms with Crippen molar-refractivity contribution in [1.82, 2.24) is 10.2 Å². The fraction of sp³-hybridized carbons (Fsp3) is 0.355. The van der Waals surface area contributed by atoms with Gasteiger partial charge >= 0.3 is 0 Å². The lowest BCUT2D eigenvalue weighted by atomic mass is 10.0. The quantitative estimate of drug-likeness (QED) is 0.328. The summed E-state index contributed by atoms with van der Waals surface area (Å²) in [5, 5.41) is 2.89. The summed E-state index contributed by atoms with van der Waals surface area (Å²) in [5.74, 6) is 0.578. The van der Waals surface area contributed by atoms with Crippen molar-refractivity contribution in [3.8, 4) is 11.5 Å². The van der Waals surface area contributed by atoms with Gasteiger partial charge in [0.05, 0.1) is 11.9 Å². The standard InChI is InChI=1S/C31H37N3O6S/c1-4-32-31(36)27(19-24-11-6-5-7-12-24)33(21-25-13-8-10-23(2)18-25)30(35)14-9-17-34(41(3,37)38)26-15-16-28-29(20-26)40-22-39-28/h5-8,10-13,15-16,18,20,27H,4,9,14,17,19,21-22H2,1-3H3,(H,32,36). The molecule has 3 aromatic rings. The zero-order chi connectivity index (χ0) is 29.4. The number of rotatable bonds is 13. The second-order valence-corrected chi connectivity index (χ2v) is 12.0. The van der Waals surface area contributed by atoms with Crippen molar-refractivity contribution < 1.29 is 27.5 Å². The number of nitrogens with zero attached hydrogens (tertiary/aromatic N) is 2. The summed E-state index contributed by atoms with van der Waals surface area (Å²) in [6, 6.07) is 21.7. The molecule has 0 spiro atoms. The summed E-state index contributed by atoms with van der Waals surface area (Å²) in [6.45, 7) is 4.70. The smallest absolute Gasteiger partial charge is 0.243 e. The highest BCUT2D eigenvalue weighted by atomic mass is 32.2. The van der Waals surface area contributed by atoms with Crippen molar-refractivity contribution >= 4 is 27.5 Å². The Kier molecular flexibility index (Phi) is 9.88. The fourth-order valence-electron chi connectivity index (χ4n) is 4.90. The zero-order valence-electron chi connectivity index (χ0n) is 23.7. The maximum atomic E-state index is 13.8. The number of hydrogen-bond acceptors (Lipinski definition) is 6. The van der Waals surface area contributed by atoms with Crippen LogP contribution in [0, 0.1) is 6.92 Å². The summed E-state index contributed by atoms with van der Waals surface area (Å²) >= 11 is 0. The van der Waals surface area contributed by atoms with Gasteiger partial charge in [-0.3, -0.25) is 13.9 Å². The van der Waals surface area contributed by atoms with E-state index in [4.69, 9.17) is 9.47 Å². The summed E-state index contributed by atoms with van der Waals surface area (Å²) in [7, 11) is -3.64. The van der Waals surface area contributed by atoms with Crippen LogP contribution in [0.4, 0.5) is 5.69 Å². The molecule has 1 N–H and O–H groups in total. The zero-order valence-corrected chi connectivity index (χ0v) is 24.5. The Bertz CT molecular complexity index is 1460. The number of carbonyl (C=O) groups is 2. The van der Waals surface area contributed by atoms with Crippen LogP contribution in [0.2, 0.25) is 0 Å². The molecule has 1 unspecified atom stereocenters. The van der Waals surface area contributed by atoms with E-state index in [0.717, 1.165) is 22.9 Å². The largest absolute Gasteiger partial charge is 0.454 e. The topological polar surface area (TPSA) is 105 Å². The molecule has 0 saturated heterocycles. The van der Waals surface area contributed by atoms with Crippen LogP contribution in [0.15, 0.2) is 72.8 Å². The van der Waals surface area contributed by atoms with Crippen molar-refractivity contribution in [2.45, 2.75) is 45.7 Å². The van der Waals surface area contributed by atoms with Gasteiger partial charge in [-0.15, -0.1) is 0 Å². The third kappa shape index (κ3) is 8.00. The molecule has 1 aliphatic heterocycles. The van der Waals surface area contributed by atoms with Crippen LogP contribution in [0.5, 0.6) is 11.5 Å². The van der Waals surface area contributed by atoms with E-state index in [1.54, 1.807) is 23.1 Å². The monoisotopic (exact) mass is 579 g/mol. The van der Waals surface area contributed by atoms with Crippen molar-refractivity contribution in [2.75, 3.05) is 30.4 Å². The van der Waals surface area contributed by atoms with Crippen LogP contribution >= 0.6 is 0 Å². The first-order valence-electron chi connectivity index (χ1n) is 13.7. The van der Waals surface area contributed by atoms with Gasteiger partial charge in [-0.25, -0.2) is 8.42 Å². The Labute approximate surface area is 242 Å². The van der Waals surface area contributed by atoms with Gasteiger partial charge in [0.25, 0.3) is 0 Å². The average Bonchev–Trinajstić information content (AvgIpc) is 3.41. The van der Waals surface area contributed by atoms with Crippen LogP contribution in [-0.2, 0) is 32.6 Å². The van der Waals surface area contributed by atoms with Crippen LogP contribution in [0.25, 0.3) is 0 Å². The maximum absolute atomic E-state index is 13.8. The first-order valence-corrected chi connectivity index (χ1v) is 15.5. The number of amides is 2. The molecule has 1 atom stereocenters. The van der Waals surface area contributed by atoms with Gasteiger partial charge in [-0.05, 0) is 43.5 Å². The summed E-state index contributed by atoms with van der Waals surface area (Å²) in [6.07, 6.45) is 1.82. The van der Waals surface area contributed by atoms with E-state index in [9.17, 15) is 18.0 Å². The van der Waals surface area contributed by atoms with E-state index in [0.29, 0.717) is 30.2 Å². The lowest BCUT2D eigenvalue weighted by molar-refractivity contribution is -0.141. The SMILES string of the molecule is CCNC(=O)C(Cc1ccccc1)N(Cc1cccc(C)c1)C(=O)CCCN(c1ccc2c(c1)OCO2)S(C)(=O)=O. The van der Waals surface area contributed by atoms with E-state index < -0.39 is 16.1 Å². The second-order valence-electron chi connectivity index (χ2n) is 10.1. The first-order chi connectivity index (χ1) is 19.7. The second kappa shape index (κ2) is 13.5. The van der Waals surface area contributed by atoms with Gasteiger partial charge in [0.1, 0.15) is 6.04 Å². The van der Waals surface area contributed by atoms with Gasteiger partial charge < -0.3 is 19.7 Å². The van der Waals surface area contributed by atoms with Crippen molar-refractivity contribution in [1.29, 1.82) is 0 Å². The van der Waals surface area contributed by atoms with Crippen molar-refractivity contribution in [3.63, 3.8) is 0 Å². The number of carbonyl (C=O) groups excluding carboxylic acids is 2. The van der Waals surface area contributed by atoms with Crippen LogP contribution in [0.1, 0.15) is 36.5 Å². The minimum atomic E-state index is -3.64. The van der Waals surface area contributed by atoms with Crippen LogP contribution < -0.4 is 19.1 Å². The number of likely N-dealkylation sites (N-methyl/N-ethyl adjacent to an activating group) is 1. The average molecular weight is 580 g/mol. The molecule has 0 aromatic heterocycles. The Hall–Kier alpha value is -4.05. The number of aryl methyl sites for hydroxylation is 1. The maximum Gasteiger partial charge on any atom is 0.243 e. The van der Waals surface area contributed by atoms with Crippen molar-refractivity contribution in [3.05, 3.63) is 89.5 Å². The first kappa shape index (κ1) is 29.9. The summed E-state index contributed by atoms with van der Waals surface area (Å²) < 4.78 is 37.4. The fourth-order valence-corrected chi connectivity index (χ4v) is 5.85. The Balaban J connectivity index is 1.56. The van der Waals surface area contributed by atoms with Gasteiger partial charge in [-0.1, -0.05) is 60.2 Å². The van der Waals surface area contributed by atoms with E-state index in [2.05, 4.69) is 5.32 Å². The predicted molar refractivity (Wildman–Crippen MR) is 158 cm³/mol. The highest BCUT2D eigenvalue weighted by Crippen LogP contribution is 2.36. The molecule has 2 amide bonds. The third-order valence-electron chi connectivity index (χ3n) is 6.85. The van der Waals surface area contributed by atoms with Gasteiger partial charge in [0.2, 0.25) is 28.6 Å².